The molecule has 0 spiro atoms. The van der Waals surface area contributed by atoms with Crippen molar-refractivity contribution in [1.82, 2.24) is 24.2 Å². The Bertz CT molecular complexity index is 1230. The second kappa shape index (κ2) is 8.17. The molecule has 5 rings (SSSR count). The number of hydrogen-bond donors (Lipinski definition) is 0. The molecule has 4 aromatic rings. The van der Waals surface area contributed by atoms with Crippen LogP contribution in [-0.4, -0.2) is 56.3 Å². The number of imidazole rings is 1. The van der Waals surface area contributed by atoms with Crippen LogP contribution >= 0.6 is 11.6 Å². The number of oxazole rings is 1. The first-order valence-corrected chi connectivity index (χ1v) is 10.6. The van der Waals surface area contributed by atoms with Crippen molar-refractivity contribution in [2.45, 2.75) is 13.5 Å². The fraction of sp³-hybridized carbons (Fsp3) is 0.261. The summed E-state index contributed by atoms with van der Waals surface area (Å²) in [5, 5.41) is 0.683. The lowest BCUT2D eigenvalue weighted by atomic mass is 10.2. The van der Waals surface area contributed by atoms with Crippen LogP contribution in [0.2, 0.25) is 5.02 Å². The highest BCUT2D eigenvalue weighted by atomic mass is 35.5. The van der Waals surface area contributed by atoms with Gasteiger partial charge < -0.3 is 13.7 Å². The molecular formula is C23H22ClN5O2. The number of nitrogens with zero attached hydrogens (tertiary/aromatic N) is 5. The van der Waals surface area contributed by atoms with Gasteiger partial charge >= 0.3 is 0 Å². The summed E-state index contributed by atoms with van der Waals surface area (Å²) in [6, 6.07) is 13.4. The van der Waals surface area contributed by atoms with Gasteiger partial charge in [0.1, 0.15) is 11.4 Å². The average Bonchev–Trinajstić information content (AvgIpc) is 3.37. The first-order valence-electron chi connectivity index (χ1n) is 10.2. The molecule has 1 fully saturated rings. The van der Waals surface area contributed by atoms with Crippen LogP contribution in [0, 0.1) is 6.92 Å². The molecule has 1 aliphatic rings. The van der Waals surface area contributed by atoms with Crippen LogP contribution in [0.25, 0.3) is 17.1 Å². The maximum Gasteiger partial charge on any atom is 0.276 e. The number of amides is 1. The molecular weight excluding hydrogens is 414 g/mol. The van der Waals surface area contributed by atoms with Crippen molar-refractivity contribution in [1.29, 1.82) is 0 Å². The average molecular weight is 436 g/mol. The predicted octanol–water partition coefficient (Wildman–Crippen LogP) is 3.91. The number of pyridine rings is 1. The van der Waals surface area contributed by atoms with Gasteiger partial charge in [0, 0.05) is 50.7 Å². The quantitative estimate of drug-likeness (QED) is 0.486. The molecule has 0 radical (unpaired) electrons. The highest BCUT2D eigenvalue weighted by Crippen LogP contribution is 2.23. The van der Waals surface area contributed by atoms with E-state index in [4.69, 9.17) is 16.0 Å². The maximum atomic E-state index is 13.0. The zero-order chi connectivity index (χ0) is 21.4. The third-order valence-corrected chi connectivity index (χ3v) is 5.75. The second-order valence-corrected chi connectivity index (χ2v) is 8.14. The number of halogens is 1. The van der Waals surface area contributed by atoms with Crippen LogP contribution in [0.3, 0.4) is 0 Å². The van der Waals surface area contributed by atoms with E-state index in [1.807, 2.05) is 64.2 Å². The van der Waals surface area contributed by atoms with E-state index in [9.17, 15) is 4.79 Å². The van der Waals surface area contributed by atoms with Crippen LogP contribution in [0.15, 0.2) is 59.3 Å². The lowest BCUT2D eigenvalue weighted by Gasteiger charge is -2.34. The molecule has 0 atom stereocenters. The fourth-order valence-electron chi connectivity index (χ4n) is 3.88. The van der Waals surface area contributed by atoms with Gasteiger partial charge in [0.2, 0.25) is 5.89 Å². The molecule has 0 unspecified atom stereocenters. The Morgan fingerprint density at radius 2 is 1.81 bits per heavy atom. The van der Waals surface area contributed by atoms with E-state index >= 15 is 0 Å². The number of rotatable bonds is 4. The van der Waals surface area contributed by atoms with Crippen molar-refractivity contribution in [2.24, 2.45) is 0 Å². The summed E-state index contributed by atoms with van der Waals surface area (Å²) in [4.78, 5) is 26.3. The summed E-state index contributed by atoms with van der Waals surface area (Å²) in [6.45, 7) is 5.38. The van der Waals surface area contributed by atoms with Crippen LogP contribution < -0.4 is 0 Å². The lowest BCUT2D eigenvalue weighted by Crippen LogP contribution is -2.48. The highest BCUT2D eigenvalue weighted by molar-refractivity contribution is 6.30. The molecule has 0 aliphatic carbocycles. The minimum Gasteiger partial charge on any atom is -0.441 e. The molecule has 8 heteroatoms. The number of carbonyl (C=O) groups excluding carboxylic acids is 1. The highest BCUT2D eigenvalue weighted by Gasteiger charge is 2.27. The number of carbonyl (C=O) groups is 1. The molecule has 3 aromatic heterocycles. The summed E-state index contributed by atoms with van der Waals surface area (Å²) in [7, 11) is 0. The monoisotopic (exact) mass is 435 g/mol. The SMILES string of the molecule is Cc1oc(-c2ccccc2)nc1C(=O)N1CCN(Cc2cn3cc(Cl)ccc3n2)CC1. The normalized spacial score (nSPS) is 15.0. The lowest BCUT2D eigenvalue weighted by molar-refractivity contribution is 0.0620. The Hall–Kier alpha value is -3.16. The molecule has 1 aliphatic heterocycles. The van der Waals surface area contributed by atoms with Gasteiger partial charge in [-0.25, -0.2) is 9.97 Å². The van der Waals surface area contributed by atoms with E-state index in [0.717, 1.165) is 36.5 Å². The van der Waals surface area contributed by atoms with Gasteiger partial charge in [-0.2, -0.15) is 0 Å². The summed E-state index contributed by atoms with van der Waals surface area (Å²) < 4.78 is 7.70. The minimum absolute atomic E-state index is 0.0783. The van der Waals surface area contributed by atoms with E-state index in [0.29, 0.717) is 35.5 Å². The summed E-state index contributed by atoms with van der Waals surface area (Å²) in [5.74, 6) is 0.951. The molecule has 1 amide bonds. The molecule has 7 nitrogen and oxygen atoms in total. The van der Waals surface area contributed by atoms with Crippen LogP contribution in [0.4, 0.5) is 0 Å². The Morgan fingerprint density at radius 3 is 2.58 bits per heavy atom. The Labute approximate surface area is 184 Å². The Morgan fingerprint density at radius 1 is 1.03 bits per heavy atom. The molecule has 31 heavy (non-hydrogen) atoms. The molecule has 0 bridgehead atoms. The van der Waals surface area contributed by atoms with Crippen LogP contribution in [0.1, 0.15) is 21.9 Å². The topological polar surface area (TPSA) is 66.9 Å². The Kier molecular flexibility index (Phi) is 5.21. The number of piperazine rings is 1. The van der Waals surface area contributed by atoms with E-state index < -0.39 is 0 Å². The van der Waals surface area contributed by atoms with Gasteiger partial charge in [-0.3, -0.25) is 9.69 Å². The van der Waals surface area contributed by atoms with Gasteiger partial charge in [0.05, 0.1) is 10.7 Å². The summed E-state index contributed by atoms with van der Waals surface area (Å²) >= 11 is 6.06. The standard InChI is InChI=1S/C23H22ClN5O2/c1-16-21(26-22(31-16)17-5-3-2-4-6-17)23(30)28-11-9-27(10-12-28)14-19-15-29-13-18(24)7-8-20(29)25-19/h2-8,13,15H,9-12,14H2,1H3. The van der Waals surface area contributed by atoms with Gasteiger partial charge in [0.15, 0.2) is 5.69 Å². The number of hydrogen-bond acceptors (Lipinski definition) is 5. The summed E-state index contributed by atoms with van der Waals surface area (Å²) in [5.41, 5.74) is 3.12. The van der Waals surface area contributed by atoms with E-state index in [1.54, 1.807) is 6.92 Å². The Balaban J connectivity index is 1.23. The number of aryl methyl sites for hydroxylation is 1. The number of benzene rings is 1. The van der Waals surface area contributed by atoms with Crippen molar-refractivity contribution < 1.29 is 9.21 Å². The van der Waals surface area contributed by atoms with E-state index in [-0.39, 0.29) is 5.91 Å². The van der Waals surface area contributed by atoms with Crippen LogP contribution in [-0.2, 0) is 6.54 Å². The molecule has 0 N–H and O–H groups in total. The van der Waals surface area contributed by atoms with E-state index in [2.05, 4.69) is 14.9 Å². The van der Waals surface area contributed by atoms with E-state index in [1.165, 1.54) is 0 Å². The summed E-state index contributed by atoms with van der Waals surface area (Å²) in [6.07, 6.45) is 3.86. The van der Waals surface area contributed by atoms with Gasteiger partial charge in [-0.15, -0.1) is 0 Å². The second-order valence-electron chi connectivity index (χ2n) is 7.70. The van der Waals surface area contributed by atoms with Gasteiger partial charge in [-0.1, -0.05) is 29.8 Å². The molecule has 158 valence electrons. The first kappa shape index (κ1) is 19.8. The molecule has 1 saturated heterocycles. The largest absolute Gasteiger partial charge is 0.441 e. The smallest absolute Gasteiger partial charge is 0.276 e. The minimum atomic E-state index is -0.0783. The molecule has 4 heterocycles. The van der Waals surface area contributed by atoms with Crippen molar-refractivity contribution >= 4 is 23.2 Å². The maximum absolute atomic E-state index is 13.0. The van der Waals surface area contributed by atoms with Gasteiger partial charge in [-0.05, 0) is 31.2 Å². The molecule has 1 aromatic carbocycles. The van der Waals surface area contributed by atoms with Crippen molar-refractivity contribution in [3.05, 3.63) is 77.0 Å². The van der Waals surface area contributed by atoms with Crippen molar-refractivity contribution in [3.8, 4) is 11.5 Å². The zero-order valence-corrected chi connectivity index (χ0v) is 17.9. The first-order chi connectivity index (χ1) is 15.1. The van der Waals surface area contributed by atoms with Crippen molar-refractivity contribution in [2.75, 3.05) is 26.2 Å². The predicted molar refractivity (Wildman–Crippen MR) is 118 cm³/mol. The molecule has 0 saturated carbocycles. The fourth-order valence-corrected chi connectivity index (χ4v) is 4.05. The van der Waals surface area contributed by atoms with Gasteiger partial charge in [0.25, 0.3) is 5.91 Å². The zero-order valence-electron chi connectivity index (χ0n) is 17.2. The third kappa shape index (κ3) is 4.06. The number of aromatic nitrogens is 3. The third-order valence-electron chi connectivity index (χ3n) is 5.53. The van der Waals surface area contributed by atoms with Crippen LogP contribution in [0.5, 0.6) is 0 Å². The van der Waals surface area contributed by atoms with Crippen molar-refractivity contribution in [3.63, 3.8) is 0 Å². The number of fused-ring (bicyclic) bond motifs is 1.